The minimum atomic E-state index is 0.143. The van der Waals surface area contributed by atoms with Crippen LogP contribution in [-0.2, 0) is 4.79 Å². The Morgan fingerprint density at radius 1 is 1.24 bits per heavy atom. The van der Waals surface area contributed by atoms with Crippen LogP contribution in [0.4, 0.5) is 5.69 Å². The molecule has 1 aliphatic rings. The van der Waals surface area contributed by atoms with Crippen LogP contribution in [-0.4, -0.2) is 10.9 Å². The number of hydrogen-bond donors (Lipinski definition) is 1. The van der Waals surface area contributed by atoms with Crippen molar-refractivity contribution in [3.8, 4) is 11.3 Å². The summed E-state index contributed by atoms with van der Waals surface area (Å²) in [6, 6.07) is 11.9. The number of carbonyl (C=O) groups excluding carboxylic acids is 1. The van der Waals surface area contributed by atoms with Crippen LogP contribution < -0.4 is 5.32 Å². The standard InChI is InChI=1S/C18H20N2O/c1-12-7-9-15(12)18(21)20-14-8-6-13(2)16(11-14)17-5-3-4-10-19-17/h3-6,8,10-12,15H,7,9H2,1-2H3,(H,20,21). The lowest BCUT2D eigenvalue weighted by molar-refractivity contribution is -0.124. The molecule has 0 aliphatic heterocycles. The molecular formula is C18H20N2O. The highest BCUT2D eigenvalue weighted by Crippen LogP contribution is 2.34. The van der Waals surface area contributed by atoms with Crippen molar-refractivity contribution in [2.45, 2.75) is 26.7 Å². The molecule has 2 aromatic rings. The van der Waals surface area contributed by atoms with Gasteiger partial charge in [0, 0.05) is 23.4 Å². The number of amides is 1. The first kappa shape index (κ1) is 13.8. The predicted molar refractivity (Wildman–Crippen MR) is 84.9 cm³/mol. The number of aryl methyl sites for hydroxylation is 1. The molecule has 1 aromatic carbocycles. The number of anilines is 1. The van der Waals surface area contributed by atoms with Gasteiger partial charge in [-0.15, -0.1) is 0 Å². The minimum absolute atomic E-state index is 0.143. The van der Waals surface area contributed by atoms with Crippen LogP contribution >= 0.6 is 0 Å². The van der Waals surface area contributed by atoms with Crippen molar-refractivity contribution < 1.29 is 4.79 Å². The molecule has 1 saturated carbocycles. The Morgan fingerprint density at radius 2 is 2.10 bits per heavy atom. The van der Waals surface area contributed by atoms with Gasteiger partial charge in [0.2, 0.25) is 5.91 Å². The summed E-state index contributed by atoms with van der Waals surface area (Å²) >= 11 is 0. The molecule has 2 unspecified atom stereocenters. The first-order valence-corrected chi connectivity index (χ1v) is 7.48. The molecule has 0 saturated heterocycles. The molecule has 3 nitrogen and oxygen atoms in total. The second kappa shape index (κ2) is 5.68. The van der Waals surface area contributed by atoms with Crippen molar-refractivity contribution in [2.24, 2.45) is 11.8 Å². The summed E-state index contributed by atoms with van der Waals surface area (Å²) in [7, 11) is 0. The van der Waals surface area contributed by atoms with Crippen molar-refractivity contribution in [3.63, 3.8) is 0 Å². The Bertz CT molecular complexity index is 652. The Hall–Kier alpha value is -2.16. The number of benzene rings is 1. The lowest BCUT2D eigenvalue weighted by Gasteiger charge is -2.32. The van der Waals surface area contributed by atoms with E-state index in [1.54, 1.807) is 6.20 Å². The number of carbonyl (C=O) groups is 1. The summed E-state index contributed by atoms with van der Waals surface area (Å²) in [5, 5.41) is 3.04. The lowest BCUT2D eigenvalue weighted by atomic mass is 9.74. The maximum atomic E-state index is 12.2. The Kier molecular flexibility index (Phi) is 3.74. The van der Waals surface area contributed by atoms with Crippen molar-refractivity contribution in [1.82, 2.24) is 4.98 Å². The third-order valence-electron chi connectivity index (χ3n) is 4.40. The van der Waals surface area contributed by atoms with Crippen LogP contribution in [0.25, 0.3) is 11.3 Å². The monoisotopic (exact) mass is 280 g/mol. The molecule has 21 heavy (non-hydrogen) atoms. The van der Waals surface area contributed by atoms with Crippen LogP contribution in [0.15, 0.2) is 42.6 Å². The first-order chi connectivity index (χ1) is 10.1. The van der Waals surface area contributed by atoms with Crippen LogP contribution in [0, 0.1) is 18.8 Å². The summed E-state index contributed by atoms with van der Waals surface area (Å²) in [5.41, 5.74) is 4.01. The number of nitrogens with zero attached hydrogens (tertiary/aromatic N) is 1. The van der Waals surface area contributed by atoms with E-state index in [4.69, 9.17) is 0 Å². The van der Waals surface area contributed by atoms with Crippen LogP contribution in [0.3, 0.4) is 0 Å². The molecular weight excluding hydrogens is 260 g/mol. The molecule has 1 heterocycles. The van der Waals surface area contributed by atoms with Crippen molar-refractivity contribution >= 4 is 11.6 Å². The average Bonchev–Trinajstić information content (AvgIpc) is 2.48. The zero-order valence-corrected chi connectivity index (χ0v) is 12.5. The first-order valence-electron chi connectivity index (χ1n) is 7.48. The van der Waals surface area contributed by atoms with Gasteiger partial charge in [0.25, 0.3) is 0 Å². The molecule has 0 bridgehead atoms. The van der Waals surface area contributed by atoms with E-state index in [9.17, 15) is 4.79 Å². The van der Waals surface area contributed by atoms with E-state index < -0.39 is 0 Å². The SMILES string of the molecule is Cc1ccc(NC(=O)C2CCC2C)cc1-c1ccccn1. The van der Waals surface area contributed by atoms with E-state index in [0.29, 0.717) is 5.92 Å². The number of rotatable bonds is 3. The number of nitrogens with one attached hydrogen (secondary N) is 1. The quantitative estimate of drug-likeness (QED) is 0.922. The number of aromatic nitrogens is 1. The highest BCUT2D eigenvalue weighted by Gasteiger charge is 2.32. The zero-order valence-electron chi connectivity index (χ0n) is 12.5. The Balaban J connectivity index is 1.83. The van der Waals surface area contributed by atoms with E-state index in [0.717, 1.165) is 35.3 Å². The van der Waals surface area contributed by atoms with Crippen LogP contribution in [0.2, 0.25) is 0 Å². The summed E-state index contributed by atoms with van der Waals surface area (Å²) in [5.74, 6) is 0.819. The van der Waals surface area contributed by atoms with Gasteiger partial charge in [0.15, 0.2) is 0 Å². The topological polar surface area (TPSA) is 42.0 Å². The fourth-order valence-corrected chi connectivity index (χ4v) is 2.79. The summed E-state index contributed by atoms with van der Waals surface area (Å²) in [4.78, 5) is 16.6. The number of pyridine rings is 1. The van der Waals surface area contributed by atoms with E-state index in [-0.39, 0.29) is 11.8 Å². The third-order valence-corrected chi connectivity index (χ3v) is 4.40. The normalized spacial score (nSPS) is 20.7. The largest absolute Gasteiger partial charge is 0.326 e. The second-order valence-electron chi connectivity index (χ2n) is 5.90. The van der Waals surface area contributed by atoms with Gasteiger partial charge < -0.3 is 5.32 Å². The van der Waals surface area contributed by atoms with Crippen molar-refractivity contribution in [1.29, 1.82) is 0 Å². The summed E-state index contributed by atoms with van der Waals surface area (Å²) in [6.07, 6.45) is 3.95. The smallest absolute Gasteiger partial charge is 0.227 e. The Labute approximate surface area is 125 Å². The van der Waals surface area contributed by atoms with Gasteiger partial charge in [0.1, 0.15) is 0 Å². The zero-order chi connectivity index (χ0) is 14.8. The van der Waals surface area contributed by atoms with Gasteiger partial charge in [-0.25, -0.2) is 0 Å². The number of hydrogen-bond acceptors (Lipinski definition) is 2. The van der Waals surface area contributed by atoms with Gasteiger partial charge in [-0.2, -0.15) is 0 Å². The Morgan fingerprint density at radius 3 is 2.71 bits per heavy atom. The van der Waals surface area contributed by atoms with Gasteiger partial charge in [0.05, 0.1) is 5.69 Å². The summed E-state index contributed by atoms with van der Waals surface area (Å²) in [6.45, 7) is 4.20. The second-order valence-corrected chi connectivity index (χ2v) is 5.90. The molecule has 108 valence electrons. The predicted octanol–water partition coefficient (Wildman–Crippen LogP) is 4.04. The highest BCUT2D eigenvalue weighted by molar-refractivity contribution is 5.94. The maximum absolute atomic E-state index is 12.2. The van der Waals surface area contributed by atoms with E-state index in [1.165, 1.54) is 0 Å². The van der Waals surface area contributed by atoms with Gasteiger partial charge in [-0.05, 0) is 55.5 Å². The van der Waals surface area contributed by atoms with E-state index in [1.807, 2.05) is 36.4 Å². The fraction of sp³-hybridized carbons (Fsp3) is 0.333. The molecule has 0 spiro atoms. The molecule has 1 amide bonds. The molecule has 0 radical (unpaired) electrons. The fourth-order valence-electron chi connectivity index (χ4n) is 2.79. The molecule has 1 N–H and O–H groups in total. The molecule has 3 heteroatoms. The van der Waals surface area contributed by atoms with Crippen LogP contribution in [0.5, 0.6) is 0 Å². The van der Waals surface area contributed by atoms with Gasteiger partial charge in [-0.3, -0.25) is 9.78 Å². The molecule has 1 aliphatic carbocycles. The van der Waals surface area contributed by atoms with Crippen LogP contribution in [0.1, 0.15) is 25.3 Å². The van der Waals surface area contributed by atoms with E-state index in [2.05, 4.69) is 24.1 Å². The molecule has 1 fully saturated rings. The molecule has 1 aromatic heterocycles. The van der Waals surface area contributed by atoms with Crippen molar-refractivity contribution in [2.75, 3.05) is 5.32 Å². The minimum Gasteiger partial charge on any atom is -0.326 e. The average molecular weight is 280 g/mol. The molecule has 3 rings (SSSR count). The maximum Gasteiger partial charge on any atom is 0.227 e. The van der Waals surface area contributed by atoms with Gasteiger partial charge >= 0.3 is 0 Å². The lowest BCUT2D eigenvalue weighted by Crippen LogP contribution is -2.35. The molecule has 2 atom stereocenters. The highest BCUT2D eigenvalue weighted by atomic mass is 16.1. The van der Waals surface area contributed by atoms with Crippen molar-refractivity contribution in [3.05, 3.63) is 48.2 Å². The third kappa shape index (κ3) is 2.82. The van der Waals surface area contributed by atoms with Gasteiger partial charge in [-0.1, -0.05) is 19.1 Å². The van der Waals surface area contributed by atoms with E-state index >= 15 is 0 Å². The summed E-state index contributed by atoms with van der Waals surface area (Å²) < 4.78 is 0.